The molecule has 0 aromatic carbocycles. The van der Waals surface area contributed by atoms with Crippen molar-refractivity contribution in [2.45, 2.75) is 50.4 Å². The van der Waals surface area contributed by atoms with E-state index in [0.29, 0.717) is 6.04 Å². The molecule has 0 unspecified atom stereocenters. The van der Waals surface area contributed by atoms with Crippen LogP contribution >= 0.6 is 12.2 Å². The molecule has 5 nitrogen and oxygen atoms in total. The van der Waals surface area contributed by atoms with Gasteiger partial charge < -0.3 is 14.8 Å². The SMILES string of the molecule is S=C1N[C@H](c2ccccn2)[C@@H](c2ccn(C3CCCC3)c2)N1Cc1ccncc1. The summed E-state index contributed by atoms with van der Waals surface area (Å²) in [6.45, 7) is 0.747. The fourth-order valence-corrected chi connectivity index (χ4v) is 4.96. The zero-order valence-electron chi connectivity index (χ0n) is 16.3. The van der Waals surface area contributed by atoms with Gasteiger partial charge in [-0.2, -0.15) is 0 Å². The Morgan fingerprint density at radius 1 is 1.03 bits per heavy atom. The van der Waals surface area contributed by atoms with E-state index in [1.807, 2.05) is 30.7 Å². The van der Waals surface area contributed by atoms with Gasteiger partial charge in [0, 0.05) is 43.6 Å². The first kappa shape index (κ1) is 18.3. The number of hydrogen-bond acceptors (Lipinski definition) is 3. The number of rotatable bonds is 5. The molecule has 2 aliphatic rings. The molecular formula is C23H25N5S. The molecule has 0 amide bonds. The van der Waals surface area contributed by atoms with Gasteiger partial charge in [0.2, 0.25) is 0 Å². The van der Waals surface area contributed by atoms with E-state index in [4.69, 9.17) is 12.2 Å². The Hall–Kier alpha value is -2.73. The minimum Gasteiger partial charge on any atom is -0.352 e. The molecule has 29 heavy (non-hydrogen) atoms. The molecule has 2 atom stereocenters. The summed E-state index contributed by atoms with van der Waals surface area (Å²) in [4.78, 5) is 11.1. The minimum absolute atomic E-state index is 0.0324. The van der Waals surface area contributed by atoms with Crippen LogP contribution in [-0.2, 0) is 6.54 Å². The van der Waals surface area contributed by atoms with Crippen LogP contribution in [0.3, 0.4) is 0 Å². The zero-order valence-corrected chi connectivity index (χ0v) is 17.1. The van der Waals surface area contributed by atoms with E-state index in [0.717, 1.165) is 17.4 Å². The molecule has 5 rings (SSSR count). The molecule has 0 radical (unpaired) electrons. The first-order valence-electron chi connectivity index (χ1n) is 10.3. The van der Waals surface area contributed by atoms with Gasteiger partial charge in [-0.1, -0.05) is 18.9 Å². The van der Waals surface area contributed by atoms with Crippen molar-refractivity contribution in [1.82, 2.24) is 24.8 Å². The standard InChI is InChI=1S/C23H25N5S/c29-23-26-21(20-7-3-4-11-25-20)22(28(23)15-17-8-12-24-13-9-17)18-10-14-27(16-18)19-5-1-2-6-19/h3-4,7-14,16,19,21-22H,1-2,5-6,15H2,(H,26,29)/t21-,22-/m1/s1. The van der Waals surface area contributed by atoms with E-state index >= 15 is 0 Å². The lowest BCUT2D eigenvalue weighted by Crippen LogP contribution is -2.29. The number of aromatic nitrogens is 3. The summed E-state index contributed by atoms with van der Waals surface area (Å²) in [7, 11) is 0. The van der Waals surface area contributed by atoms with Crippen LogP contribution < -0.4 is 5.32 Å². The molecule has 148 valence electrons. The van der Waals surface area contributed by atoms with Crippen LogP contribution in [0, 0.1) is 0 Å². The summed E-state index contributed by atoms with van der Waals surface area (Å²) in [6.07, 6.45) is 15.3. The molecule has 0 spiro atoms. The van der Waals surface area contributed by atoms with Crippen molar-refractivity contribution in [3.8, 4) is 0 Å². The second kappa shape index (κ2) is 7.95. The van der Waals surface area contributed by atoms with Gasteiger partial charge in [-0.3, -0.25) is 9.97 Å². The third-order valence-electron chi connectivity index (χ3n) is 6.13. The van der Waals surface area contributed by atoms with Gasteiger partial charge in [0.25, 0.3) is 0 Å². The Morgan fingerprint density at radius 2 is 1.86 bits per heavy atom. The monoisotopic (exact) mass is 403 g/mol. The van der Waals surface area contributed by atoms with E-state index in [-0.39, 0.29) is 12.1 Å². The summed E-state index contributed by atoms with van der Waals surface area (Å²) in [5, 5.41) is 4.31. The maximum absolute atomic E-state index is 5.77. The lowest BCUT2D eigenvalue weighted by Gasteiger charge is -2.27. The summed E-state index contributed by atoms with van der Waals surface area (Å²) < 4.78 is 2.41. The highest BCUT2D eigenvalue weighted by Crippen LogP contribution is 2.40. The van der Waals surface area contributed by atoms with Crippen molar-refractivity contribution in [2.75, 3.05) is 0 Å². The van der Waals surface area contributed by atoms with E-state index in [9.17, 15) is 0 Å². The second-order valence-corrected chi connectivity index (χ2v) is 8.33. The van der Waals surface area contributed by atoms with Gasteiger partial charge in [0.05, 0.1) is 17.8 Å². The van der Waals surface area contributed by atoms with Crippen molar-refractivity contribution in [3.63, 3.8) is 0 Å². The van der Waals surface area contributed by atoms with Crippen LogP contribution in [0.25, 0.3) is 0 Å². The van der Waals surface area contributed by atoms with Gasteiger partial charge in [-0.15, -0.1) is 0 Å². The van der Waals surface area contributed by atoms with Gasteiger partial charge in [-0.05, 0) is 66.5 Å². The molecule has 0 bridgehead atoms. The highest BCUT2D eigenvalue weighted by molar-refractivity contribution is 7.80. The molecule has 1 aliphatic carbocycles. The van der Waals surface area contributed by atoms with Crippen molar-refractivity contribution in [3.05, 3.63) is 84.2 Å². The Morgan fingerprint density at radius 3 is 2.62 bits per heavy atom. The largest absolute Gasteiger partial charge is 0.352 e. The number of pyridine rings is 2. The summed E-state index contributed by atoms with van der Waals surface area (Å²) >= 11 is 5.77. The first-order valence-corrected chi connectivity index (χ1v) is 10.7. The average molecular weight is 404 g/mol. The Bertz CT molecular complexity index is 965. The van der Waals surface area contributed by atoms with Crippen LogP contribution in [0.15, 0.2) is 67.4 Å². The van der Waals surface area contributed by atoms with Crippen LogP contribution in [0.4, 0.5) is 0 Å². The fourth-order valence-electron chi connectivity index (χ4n) is 4.66. The van der Waals surface area contributed by atoms with Crippen molar-refractivity contribution < 1.29 is 0 Å². The van der Waals surface area contributed by atoms with Gasteiger partial charge in [-0.25, -0.2) is 0 Å². The number of hydrogen-bond donors (Lipinski definition) is 1. The highest BCUT2D eigenvalue weighted by Gasteiger charge is 2.40. The molecule has 1 N–H and O–H groups in total. The van der Waals surface area contributed by atoms with E-state index in [2.05, 4.69) is 61.4 Å². The number of nitrogens with zero attached hydrogens (tertiary/aromatic N) is 4. The molecule has 1 saturated heterocycles. The third-order valence-corrected chi connectivity index (χ3v) is 6.48. The second-order valence-electron chi connectivity index (χ2n) is 7.94. The molecule has 4 heterocycles. The normalized spacial score (nSPS) is 22.2. The number of thiocarbonyl (C=S) groups is 1. The zero-order chi connectivity index (χ0) is 19.6. The third kappa shape index (κ3) is 3.65. The van der Waals surface area contributed by atoms with Gasteiger partial charge in [0.1, 0.15) is 0 Å². The topological polar surface area (TPSA) is 46.0 Å². The van der Waals surface area contributed by atoms with Crippen LogP contribution in [0.1, 0.15) is 60.6 Å². The lowest BCUT2D eigenvalue weighted by atomic mass is 9.99. The fraction of sp³-hybridized carbons (Fsp3) is 0.348. The predicted octanol–water partition coefficient (Wildman–Crippen LogP) is 4.57. The van der Waals surface area contributed by atoms with Crippen molar-refractivity contribution in [1.29, 1.82) is 0 Å². The smallest absolute Gasteiger partial charge is 0.170 e. The maximum atomic E-state index is 5.77. The lowest BCUT2D eigenvalue weighted by molar-refractivity contribution is 0.310. The maximum Gasteiger partial charge on any atom is 0.170 e. The Kier molecular flexibility index (Phi) is 5.02. The minimum atomic E-state index is 0.0324. The van der Waals surface area contributed by atoms with Crippen LogP contribution in [0.2, 0.25) is 0 Å². The van der Waals surface area contributed by atoms with Crippen molar-refractivity contribution in [2.24, 2.45) is 0 Å². The first-order chi connectivity index (χ1) is 14.3. The summed E-state index contributed by atoms with van der Waals surface area (Å²) in [5.74, 6) is 0. The summed E-state index contributed by atoms with van der Waals surface area (Å²) in [6, 6.07) is 13.2. The Balaban J connectivity index is 1.50. The van der Waals surface area contributed by atoms with Gasteiger partial charge >= 0.3 is 0 Å². The Labute approximate surface area is 176 Å². The average Bonchev–Trinajstić information content (AvgIpc) is 3.50. The molecule has 2 fully saturated rings. The molecule has 6 heteroatoms. The highest BCUT2D eigenvalue weighted by atomic mass is 32.1. The van der Waals surface area contributed by atoms with Crippen molar-refractivity contribution >= 4 is 17.3 Å². The number of nitrogens with one attached hydrogen (secondary N) is 1. The molecule has 1 saturated carbocycles. The van der Waals surface area contributed by atoms with E-state index in [1.54, 1.807) is 0 Å². The van der Waals surface area contributed by atoms with E-state index < -0.39 is 0 Å². The van der Waals surface area contributed by atoms with Gasteiger partial charge in [0.15, 0.2) is 5.11 Å². The molecule has 3 aromatic rings. The quantitative estimate of drug-likeness (QED) is 0.633. The molecular weight excluding hydrogens is 378 g/mol. The summed E-state index contributed by atoms with van der Waals surface area (Å²) in [5.41, 5.74) is 3.51. The van der Waals surface area contributed by atoms with Crippen LogP contribution in [-0.4, -0.2) is 24.5 Å². The van der Waals surface area contributed by atoms with Crippen LogP contribution in [0.5, 0.6) is 0 Å². The van der Waals surface area contributed by atoms with E-state index in [1.165, 1.54) is 36.8 Å². The molecule has 1 aliphatic heterocycles. The predicted molar refractivity (Wildman–Crippen MR) is 117 cm³/mol. The molecule has 3 aromatic heterocycles.